The predicted octanol–water partition coefficient (Wildman–Crippen LogP) is 4.24. The number of benzene rings is 1. The van der Waals surface area contributed by atoms with Gasteiger partial charge >= 0.3 is 0 Å². The number of hydrogen-bond acceptors (Lipinski definition) is 6. The minimum absolute atomic E-state index is 0.0543. The molecule has 0 unspecified atom stereocenters. The van der Waals surface area contributed by atoms with Crippen molar-refractivity contribution in [2.45, 2.75) is 17.4 Å². The van der Waals surface area contributed by atoms with Gasteiger partial charge in [0.25, 0.3) is 11.1 Å². The highest BCUT2D eigenvalue weighted by Crippen LogP contribution is 2.27. The molecule has 24 heavy (non-hydrogen) atoms. The smallest absolute Gasteiger partial charge is 0.284 e. The van der Waals surface area contributed by atoms with Crippen molar-refractivity contribution in [1.29, 1.82) is 0 Å². The fraction of sp³-hybridized carbons (Fsp3) is 0.133. The molecule has 9 heteroatoms. The quantitative estimate of drug-likeness (QED) is 0.679. The van der Waals surface area contributed by atoms with Gasteiger partial charge in [-0.05, 0) is 37.3 Å². The van der Waals surface area contributed by atoms with Gasteiger partial charge in [0.2, 0.25) is 5.91 Å². The van der Waals surface area contributed by atoms with Gasteiger partial charge in [-0.2, -0.15) is 0 Å². The van der Waals surface area contributed by atoms with Crippen LogP contribution in [0, 0.1) is 5.82 Å². The van der Waals surface area contributed by atoms with Gasteiger partial charge in [-0.1, -0.05) is 23.4 Å². The first-order valence-electron chi connectivity index (χ1n) is 6.83. The molecule has 0 aliphatic rings. The second-order valence-corrected chi connectivity index (χ2v) is 6.45. The summed E-state index contributed by atoms with van der Waals surface area (Å²) in [5.74, 6) is -0.349. The molecule has 1 aromatic carbocycles. The lowest BCUT2D eigenvalue weighted by Crippen LogP contribution is -2.23. The fourth-order valence-corrected chi connectivity index (χ4v) is 2.63. The minimum Gasteiger partial charge on any atom is -0.459 e. The second-order valence-electron chi connectivity index (χ2n) is 4.72. The zero-order valence-electron chi connectivity index (χ0n) is 12.3. The van der Waals surface area contributed by atoms with Crippen molar-refractivity contribution >= 4 is 35.0 Å². The van der Waals surface area contributed by atoms with E-state index in [4.69, 9.17) is 20.4 Å². The third-order valence-electron chi connectivity index (χ3n) is 2.97. The Morgan fingerprint density at radius 3 is 2.92 bits per heavy atom. The normalized spacial score (nSPS) is 12.1. The molecule has 0 spiro atoms. The number of nitrogens with one attached hydrogen (secondary N) is 1. The highest BCUT2D eigenvalue weighted by Gasteiger charge is 2.20. The first-order chi connectivity index (χ1) is 11.5. The molecule has 1 amide bonds. The summed E-state index contributed by atoms with van der Waals surface area (Å²) in [4.78, 5) is 12.1. The molecule has 1 atom stereocenters. The molecule has 3 aromatic rings. The van der Waals surface area contributed by atoms with E-state index in [-0.39, 0.29) is 21.8 Å². The average molecular weight is 368 g/mol. The van der Waals surface area contributed by atoms with E-state index in [0.717, 1.165) is 17.8 Å². The van der Waals surface area contributed by atoms with E-state index < -0.39 is 17.0 Å². The maximum Gasteiger partial charge on any atom is 0.284 e. The Morgan fingerprint density at radius 1 is 1.38 bits per heavy atom. The summed E-state index contributed by atoms with van der Waals surface area (Å²) in [7, 11) is 0. The van der Waals surface area contributed by atoms with E-state index in [1.807, 2.05) is 0 Å². The van der Waals surface area contributed by atoms with Crippen molar-refractivity contribution in [3.63, 3.8) is 0 Å². The lowest BCUT2D eigenvalue weighted by molar-refractivity contribution is -0.115. The summed E-state index contributed by atoms with van der Waals surface area (Å²) in [6.45, 7) is 1.64. The molecule has 124 valence electrons. The number of amides is 1. The van der Waals surface area contributed by atoms with Crippen LogP contribution in [-0.4, -0.2) is 21.4 Å². The average Bonchev–Trinajstić information content (AvgIpc) is 3.20. The summed E-state index contributed by atoms with van der Waals surface area (Å²) in [6, 6.07) is 7.40. The highest BCUT2D eigenvalue weighted by molar-refractivity contribution is 8.00. The standard InChI is InChI=1S/C15H11ClFN3O3S/c1-8(13(21)18-11-5-4-9(16)7-10(11)17)24-15-20-19-14(23-15)12-3-2-6-22-12/h2-8H,1H3,(H,18,21)/t8-/m1/s1. The van der Waals surface area contributed by atoms with Crippen LogP contribution in [0.2, 0.25) is 5.02 Å². The molecule has 0 bridgehead atoms. The van der Waals surface area contributed by atoms with E-state index in [9.17, 15) is 9.18 Å². The van der Waals surface area contributed by atoms with Gasteiger partial charge in [0, 0.05) is 5.02 Å². The first-order valence-corrected chi connectivity index (χ1v) is 8.08. The van der Waals surface area contributed by atoms with E-state index in [2.05, 4.69) is 15.5 Å². The maximum atomic E-state index is 13.7. The largest absolute Gasteiger partial charge is 0.459 e. The summed E-state index contributed by atoms with van der Waals surface area (Å²) >= 11 is 6.73. The molecule has 3 rings (SSSR count). The van der Waals surface area contributed by atoms with Crippen LogP contribution in [0.5, 0.6) is 0 Å². The van der Waals surface area contributed by atoms with Crippen LogP contribution in [0.1, 0.15) is 6.92 Å². The zero-order valence-corrected chi connectivity index (χ0v) is 13.9. The number of rotatable bonds is 5. The van der Waals surface area contributed by atoms with Crippen LogP contribution in [0.4, 0.5) is 10.1 Å². The molecule has 2 heterocycles. The van der Waals surface area contributed by atoms with Gasteiger partial charge in [-0.15, -0.1) is 10.2 Å². The Hall–Kier alpha value is -2.32. The van der Waals surface area contributed by atoms with Crippen LogP contribution >= 0.6 is 23.4 Å². The summed E-state index contributed by atoms with van der Waals surface area (Å²) in [5, 5.41) is 10.1. The molecule has 6 nitrogen and oxygen atoms in total. The molecule has 0 saturated carbocycles. The molecular weight excluding hydrogens is 357 g/mol. The Balaban J connectivity index is 1.64. The van der Waals surface area contributed by atoms with Crippen molar-refractivity contribution in [1.82, 2.24) is 10.2 Å². The van der Waals surface area contributed by atoms with E-state index in [1.165, 1.54) is 18.4 Å². The van der Waals surface area contributed by atoms with Crippen molar-refractivity contribution < 1.29 is 18.0 Å². The molecule has 2 aromatic heterocycles. The predicted molar refractivity (Wildman–Crippen MR) is 87.4 cm³/mol. The van der Waals surface area contributed by atoms with Crippen molar-refractivity contribution in [3.8, 4) is 11.7 Å². The lowest BCUT2D eigenvalue weighted by Gasteiger charge is -2.10. The molecular formula is C15H11ClFN3O3S. The SMILES string of the molecule is C[C@@H](Sc1nnc(-c2ccco2)o1)C(=O)Nc1ccc(Cl)cc1F. The Bertz CT molecular complexity index is 854. The van der Waals surface area contributed by atoms with Gasteiger partial charge in [-0.25, -0.2) is 4.39 Å². The number of carbonyl (C=O) groups excluding carboxylic acids is 1. The van der Waals surface area contributed by atoms with Gasteiger partial charge in [0.1, 0.15) is 5.82 Å². The van der Waals surface area contributed by atoms with E-state index in [0.29, 0.717) is 5.76 Å². The van der Waals surface area contributed by atoms with Gasteiger partial charge in [0.05, 0.1) is 17.2 Å². The van der Waals surface area contributed by atoms with Gasteiger partial charge in [-0.3, -0.25) is 4.79 Å². The van der Waals surface area contributed by atoms with E-state index in [1.54, 1.807) is 19.1 Å². The van der Waals surface area contributed by atoms with Crippen LogP contribution in [-0.2, 0) is 4.79 Å². The topological polar surface area (TPSA) is 81.2 Å². The second kappa shape index (κ2) is 7.06. The summed E-state index contributed by atoms with van der Waals surface area (Å²) in [6.07, 6.45) is 1.49. The molecule has 1 N–H and O–H groups in total. The number of aromatic nitrogens is 2. The number of carbonyl (C=O) groups is 1. The number of halogens is 2. The van der Waals surface area contributed by atoms with Crippen molar-refractivity contribution in [3.05, 3.63) is 47.4 Å². The fourth-order valence-electron chi connectivity index (χ4n) is 1.79. The molecule has 0 saturated heterocycles. The summed E-state index contributed by atoms with van der Waals surface area (Å²) < 4.78 is 24.3. The molecule has 0 fully saturated rings. The zero-order chi connectivity index (χ0) is 17.1. The van der Waals surface area contributed by atoms with Crippen LogP contribution < -0.4 is 5.32 Å². The minimum atomic E-state index is -0.606. The maximum absolute atomic E-state index is 13.7. The summed E-state index contributed by atoms with van der Waals surface area (Å²) in [5.41, 5.74) is 0.0543. The first kappa shape index (κ1) is 16.5. The van der Waals surface area contributed by atoms with Crippen LogP contribution in [0.3, 0.4) is 0 Å². The molecule has 0 aliphatic heterocycles. The van der Waals surface area contributed by atoms with Crippen molar-refractivity contribution in [2.75, 3.05) is 5.32 Å². The van der Waals surface area contributed by atoms with Gasteiger partial charge < -0.3 is 14.2 Å². The highest BCUT2D eigenvalue weighted by atomic mass is 35.5. The molecule has 0 aliphatic carbocycles. The molecule has 0 radical (unpaired) electrons. The van der Waals surface area contributed by atoms with Crippen LogP contribution in [0.25, 0.3) is 11.7 Å². The Morgan fingerprint density at radius 2 is 2.21 bits per heavy atom. The number of anilines is 1. The number of furan rings is 1. The van der Waals surface area contributed by atoms with E-state index >= 15 is 0 Å². The van der Waals surface area contributed by atoms with Gasteiger partial charge in [0.15, 0.2) is 5.76 Å². The Kier molecular flexibility index (Phi) is 4.86. The number of nitrogens with zero attached hydrogens (tertiary/aromatic N) is 2. The Labute approximate surface area is 145 Å². The third-order valence-corrected chi connectivity index (χ3v) is 4.14. The monoisotopic (exact) mass is 367 g/mol. The van der Waals surface area contributed by atoms with Crippen molar-refractivity contribution in [2.24, 2.45) is 0 Å². The van der Waals surface area contributed by atoms with Crippen LogP contribution in [0.15, 0.2) is 50.7 Å². The number of hydrogen-bond donors (Lipinski definition) is 1. The third kappa shape index (κ3) is 3.77. The number of thioether (sulfide) groups is 1. The lowest BCUT2D eigenvalue weighted by atomic mass is 10.3.